The van der Waals surface area contributed by atoms with Crippen molar-refractivity contribution in [2.75, 3.05) is 17.2 Å². The summed E-state index contributed by atoms with van der Waals surface area (Å²) in [5.41, 5.74) is -0.963. The number of carbonyl (C=O) groups is 1. The Morgan fingerprint density at radius 2 is 2.12 bits per heavy atom. The average molecular weight is 425 g/mol. The van der Waals surface area contributed by atoms with Gasteiger partial charge in [0.2, 0.25) is 11.0 Å². The van der Waals surface area contributed by atoms with Crippen molar-refractivity contribution in [3.05, 3.63) is 28.8 Å². The Balaban J connectivity index is 2.00. The minimum Gasteiger partial charge on any atom is -0.360 e. The topological polar surface area (TPSA) is 66.9 Å². The molecule has 142 valence electrons. The molecule has 26 heavy (non-hydrogen) atoms. The Morgan fingerprint density at radius 3 is 2.77 bits per heavy atom. The third kappa shape index (κ3) is 5.75. The first-order chi connectivity index (χ1) is 12.2. The Labute approximate surface area is 161 Å². The van der Waals surface area contributed by atoms with Gasteiger partial charge in [0, 0.05) is 12.2 Å². The van der Waals surface area contributed by atoms with Gasteiger partial charge in [-0.05, 0) is 31.5 Å². The number of halogens is 4. The zero-order chi connectivity index (χ0) is 19.3. The highest BCUT2D eigenvalue weighted by atomic mass is 35.5. The maximum Gasteiger partial charge on any atom is 0.417 e. The Bertz CT molecular complexity index is 770. The van der Waals surface area contributed by atoms with Gasteiger partial charge in [-0.15, -0.1) is 10.2 Å². The largest absolute Gasteiger partial charge is 0.417 e. The smallest absolute Gasteiger partial charge is 0.360 e. The maximum atomic E-state index is 12.9. The monoisotopic (exact) mass is 424 g/mol. The first-order valence-electron chi connectivity index (χ1n) is 7.62. The number of thioether (sulfide) groups is 1. The molecule has 2 rings (SSSR count). The first-order valence-corrected chi connectivity index (χ1v) is 9.69. The standard InChI is InChI=1S/C15H16ClF3N4OS2/c1-3-6-20-13-22-23-14(26-13)25-8(2)12(24)21-9-4-5-11(16)10(7-9)15(17,18)19/h4-5,7-8H,3,6H2,1-2H3,(H,20,22)(H,21,24). The van der Waals surface area contributed by atoms with Crippen LogP contribution < -0.4 is 10.6 Å². The molecule has 0 spiro atoms. The summed E-state index contributed by atoms with van der Waals surface area (Å²) in [6, 6.07) is 3.24. The number of rotatable bonds is 7. The van der Waals surface area contributed by atoms with Gasteiger partial charge in [0.15, 0.2) is 4.34 Å². The van der Waals surface area contributed by atoms with Crippen LogP contribution in [0.5, 0.6) is 0 Å². The summed E-state index contributed by atoms with van der Waals surface area (Å²) >= 11 is 8.07. The molecule has 2 N–H and O–H groups in total. The Morgan fingerprint density at radius 1 is 1.38 bits per heavy atom. The lowest BCUT2D eigenvalue weighted by Crippen LogP contribution is -2.22. The molecule has 1 aromatic heterocycles. The second-order valence-electron chi connectivity index (χ2n) is 5.24. The van der Waals surface area contributed by atoms with Crippen LogP contribution in [0.2, 0.25) is 5.02 Å². The molecule has 0 aliphatic rings. The highest BCUT2D eigenvalue weighted by Crippen LogP contribution is 2.36. The van der Waals surface area contributed by atoms with E-state index in [-0.39, 0.29) is 5.69 Å². The van der Waals surface area contributed by atoms with Gasteiger partial charge < -0.3 is 10.6 Å². The molecule has 0 saturated carbocycles. The second-order valence-corrected chi connectivity index (χ2v) is 8.21. The van der Waals surface area contributed by atoms with Crippen LogP contribution in [0.4, 0.5) is 24.0 Å². The summed E-state index contributed by atoms with van der Waals surface area (Å²) in [5.74, 6) is -0.441. The Hall–Kier alpha value is -1.52. The summed E-state index contributed by atoms with van der Waals surface area (Å²) in [6.07, 6.45) is -3.64. The molecule has 0 bridgehead atoms. The minimum atomic E-state index is -4.59. The zero-order valence-electron chi connectivity index (χ0n) is 13.9. The van der Waals surface area contributed by atoms with E-state index in [2.05, 4.69) is 20.8 Å². The number of carbonyl (C=O) groups excluding carboxylic acids is 1. The van der Waals surface area contributed by atoms with Crippen LogP contribution in [0.1, 0.15) is 25.8 Å². The van der Waals surface area contributed by atoms with Crippen molar-refractivity contribution in [3.8, 4) is 0 Å². The highest BCUT2D eigenvalue weighted by Gasteiger charge is 2.33. The molecule has 1 unspecified atom stereocenters. The van der Waals surface area contributed by atoms with E-state index in [1.165, 1.54) is 29.2 Å². The van der Waals surface area contributed by atoms with Crippen molar-refractivity contribution in [1.82, 2.24) is 10.2 Å². The van der Waals surface area contributed by atoms with Crippen LogP contribution in [0, 0.1) is 0 Å². The van der Waals surface area contributed by atoms with E-state index in [0.717, 1.165) is 25.1 Å². The van der Waals surface area contributed by atoms with Gasteiger partial charge in [0.25, 0.3) is 0 Å². The van der Waals surface area contributed by atoms with E-state index in [4.69, 9.17) is 11.6 Å². The van der Waals surface area contributed by atoms with Gasteiger partial charge in [-0.25, -0.2) is 0 Å². The first kappa shape index (κ1) is 20.8. The summed E-state index contributed by atoms with van der Waals surface area (Å²) in [6.45, 7) is 4.44. The van der Waals surface area contributed by atoms with Crippen LogP contribution in [0.15, 0.2) is 22.5 Å². The number of benzene rings is 1. The quantitative estimate of drug-likeness (QED) is 0.601. The Kier molecular flexibility index (Phi) is 7.13. The summed E-state index contributed by atoms with van der Waals surface area (Å²) in [7, 11) is 0. The van der Waals surface area contributed by atoms with Gasteiger partial charge in [-0.1, -0.05) is 41.6 Å². The molecule has 1 heterocycles. The number of nitrogens with one attached hydrogen (secondary N) is 2. The van der Waals surface area contributed by atoms with Crippen molar-refractivity contribution in [2.24, 2.45) is 0 Å². The molecule has 0 fully saturated rings. The van der Waals surface area contributed by atoms with Crippen LogP contribution in [0.3, 0.4) is 0 Å². The van der Waals surface area contributed by atoms with E-state index in [1.807, 2.05) is 6.92 Å². The molecular weight excluding hydrogens is 409 g/mol. The number of hydrogen-bond donors (Lipinski definition) is 2. The zero-order valence-corrected chi connectivity index (χ0v) is 16.2. The molecule has 11 heteroatoms. The number of hydrogen-bond acceptors (Lipinski definition) is 6. The van der Waals surface area contributed by atoms with Crippen LogP contribution >= 0.6 is 34.7 Å². The van der Waals surface area contributed by atoms with E-state index < -0.39 is 27.9 Å². The molecule has 0 aliphatic carbocycles. The van der Waals surface area contributed by atoms with E-state index in [0.29, 0.717) is 9.47 Å². The minimum absolute atomic E-state index is 0.0294. The second kappa shape index (κ2) is 8.92. The number of amides is 1. The number of nitrogens with zero attached hydrogens (tertiary/aromatic N) is 2. The predicted molar refractivity (Wildman–Crippen MR) is 99.1 cm³/mol. The van der Waals surface area contributed by atoms with Gasteiger partial charge >= 0.3 is 6.18 Å². The van der Waals surface area contributed by atoms with Crippen LogP contribution in [-0.4, -0.2) is 27.9 Å². The summed E-state index contributed by atoms with van der Waals surface area (Å²) in [4.78, 5) is 12.2. The lowest BCUT2D eigenvalue weighted by atomic mass is 10.2. The van der Waals surface area contributed by atoms with Crippen LogP contribution in [-0.2, 0) is 11.0 Å². The number of aromatic nitrogens is 2. The van der Waals surface area contributed by atoms with Gasteiger partial charge in [-0.2, -0.15) is 13.2 Å². The normalized spacial score (nSPS) is 12.7. The average Bonchev–Trinajstić information content (AvgIpc) is 3.01. The fraction of sp³-hybridized carbons (Fsp3) is 0.400. The summed E-state index contributed by atoms with van der Waals surface area (Å²) < 4.78 is 39.2. The van der Waals surface area contributed by atoms with E-state index in [9.17, 15) is 18.0 Å². The van der Waals surface area contributed by atoms with Gasteiger partial charge in [0.05, 0.1) is 15.8 Å². The van der Waals surface area contributed by atoms with E-state index in [1.54, 1.807) is 6.92 Å². The lowest BCUT2D eigenvalue weighted by Gasteiger charge is -2.13. The fourth-order valence-electron chi connectivity index (χ4n) is 1.83. The molecular formula is C15H16ClF3N4OS2. The number of anilines is 2. The molecule has 1 aromatic carbocycles. The molecule has 1 amide bonds. The van der Waals surface area contributed by atoms with Crippen molar-refractivity contribution < 1.29 is 18.0 Å². The third-order valence-corrected chi connectivity index (χ3v) is 5.51. The molecule has 5 nitrogen and oxygen atoms in total. The van der Waals surface area contributed by atoms with Crippen molar-refractivity contribution in [3.63, 3.8) is 0 Å². The predicted octanol–water partition coefficient (Wildman–Crippen LogP) is 5.15. The molecule has 1 atom stereocenters. The molecule has 2 aromatic rings. The highest BCUT2D eigenvalue weighted by molar-refractivity contribution is 8.02. The maximum absolute atomic E-state index is 12.9. The van der Waals surface area contributed by atoms with Crippen molar-refractivity contribution in [1.29, 1.82) is 0 Å². The van der Waals surface area contributed by atoms with E-state index >= 15 is 0 Å². The van der Waals surface area contributed by atoms with Crippen LogP contribution in [0.25, 0.3) is 0 Å². The molecule has 0 saturated heterocycles. The molecule has 0 radical (unpaired) electrons. The summed E-state index contributed by atoms with van der Waals surface area (Å²) in [5, 5.41) is 13.2. The molecule has 0 aliphatic heterocycles. The van der Waals surface area contributed by atoms with Gasteiger partial charge in [-0.3, -0.25) is 4.79 Å². The van der Waals surface area contributed by atoms with Crippen molar-refractivity contribution in [2.45, 2.75) is 36.0 Å². The SMILES string of the molecule is CCCNc1nnc(SC(C)C(=O)Nc2ccc(Cl)c(C(F)(F)F)c2)s1. The number of alkyl halides is 3. The lowest BCUT2D eigenvalue weighted by molar-refractivity contribution is -0.137. The van der Waals surface area contributed by atoms with Crippen molar-refractivity contribution >= 4 is 51.4 Å². The third-order valence-electron chi connectivity index (χ3n) is 3.12. The fourth-order valence-corrected chi connectivity index (χ4v) is 3.98. The van der Waals surface area contributed by atoms with Gasteiger partial charge in [0.1, 0.15) is 0 Å².